The van der Waals surface area contributed by atoms with Crippen molar-refractivity contribution in [1.82, 2.24) is 0 Å². The summed E-state index contributed by atoms with van der Waals surface area (Å²) >= 11 is 1.19. The van der Waals surface area contributed by atoms with Gasteiger partial charge in [-0.3, -0.25) is 4.79 Å². The van der Waals surface area contributed by atoms with Crippen LogP contribution in [0.25, 0.3) is 0 Å². The van der Waals surface area contributed by atoms with Crippen molar-refractivity contribution in [2.24, 2.45) is 0 Å². The molecule has 1 heterocycles. The van der Waals surface area contributed by atoms with Gasteiger partial charge in [-0.2, -0.15) is 0 Å². The second-order valence-corrected chi connectivity index (χ2v) is 7.20. The first-order chi connectivity index (χ1) is 11.8. The molecule has 1 aromatic heterocycles. The Morgan fingerprint density at radius 2 is 1.92 bits per heavy atom. The number of methoxy groups -OCH3 is 1. The smallest absolute Gasteiger partial charge is 0.348 e. The number of hydrogen-bond donors (Lipinski definition) is 1. The number of esters is 1. The van der Waals surface area contributed by atoms with Crippen molar-refractivity contribution in [2.75, 3.05) is 19.0 Å². The molecule has 2 aromatic rings. The Labute approximate surface area is 152 Å². The zero-order valence-electron chi connectivity index (χ0n) is 15.1. The minimum atomic E-state index is -0.402. The van der Waals surface area contributed by atoms with Gasteiger partial charge in [-0.05, 0) is 48.6 Å². The van der Waals surface area contributed by atoms with Gasteiger partial charge in [0, 0.05) is 0 Å². The zero-order chi connectivity index (χ0) is 18.6. The molecular formula is C19H23NO4S. The van der Waals surface area contributed by atoms with Crippen molar-refractivity contribution in [3.8, 4) is 5.75 Å². The fourth-order valence-corrected chi connectivity index (χ4v) is 3.41. The van der Waals surface area contributed by atoms with E-state index in [1.165, 1.54) is 18.4 Å². The highest BCUT2D eigenvalue weighted by atomic mass is 32.1. The number of nitrogens with one attached hydrogen (secondary N) is 1. The Kier molecular flexibility index (Phi) is 6.20. The summed E-state index contributed by atoms with van der Waals surface area (Å²) in [5.74, 6) is 0.360. The van der Waals surface area contributed by atoms with E-state index in [1.54, 1.807) is 13.0 Å². The van der Waals surface area contributed by atoms with Crippen LogP contribution in [0, 0.1) is 13.8 Å². The van der Waals surface area contributed by atoms with Gasteiger partial charge in [-0.1, -0.05) is 26.0 Å². The van der Waals surface area contributed by atoms with E-state index in [9.17, 15) is 9.59 Å². The molecule has 1 aromatic carbocycles. The van der Waals surface area contributed by atoms with E-state index < -0.39 is 5.97 Å². The molecule has 0 aliphatic rings. The van der Waals surface area contributed by atoms with Crippen LogP contribution in [0.3, 0.4) is 0 Å². The lowest BCUT2D eigenvalue weighted by Crippen LogP contribution is -2.20. The third-order valence-electron chi connectivity index (χ3n) is 3.70. The number of amides is 1. The molecule has 0 bridgehead atoms. The van der Waals surface area contributed by atoms with Crippen LogP contribution in [0.5, 0.6) is 5.75 Å². The summed E-state index contributed by atoms with van der Waals surface area (Å²) in [4.78, 5) is 24.3. The number of carbonyl (C=O) groups excluding carboxylic acids is 2. The van der Waals surface area contributed by atoms with Crippen LogP contribution in [-0.2, 0) is 9.53 Å². The standard InChI is InChI=1S/C19H23NO4S/c1-11(2)14-7-6-12(3)8-15(14)24-10-16(21)20-17-9-13(4)18(25-17)19(22)23-5/h6-9,11H,10H2,1-5H3,(H,20,21). The van der Waals surface area contributed by atoms with Crippen LogP contribution < -0.4 is 10.1 Å². The third-order valence-corrected chi connectivity index (χ3v) is 4.83. The van der Waals surface area contributed by atoms with E-state index in [0.29, 0.717) is 15.8 Å². The molecular weight excluding hydrogens is 338 g/mol. The van der Waals surface area contributed by atoms with Gasteiger partial charge in [-0.25, -0.2) is 4.79 Å². The molecule has 0 aliphatic carbocycles. The van der Waals surface area contributed by atoms with E-state index in [4.69, 9.17) is 9.47 Å². The fourth-order valence-electron chi connectivity index (χ4n) is 2.40. The summed E-state index contributed by atoms with van der Waals surface area (Å²) in [5, 5.41) is 3.36. The van der Waals surface area contributed by atoms with Gasteiger partial charge in [0.05, 0.1) is 12.1 Å². The van der Waals surface area contributed by atoms with E-state index in [-0.39, 0.29) is 12.5 Å². The average molecular weight is 361 g/mol. The molecule has 0 fully saturated rings. The second kappa shape index (κ2) is 8.16. The number of carbonyl (C=O) groups is 2. The number of rotatable bonds is 6. The number of thiophene rings is 1. The Balaban J connectivity index is 2.02. The van der Waals surface area contributed by atoms with Gasteiger partial charge in [0.25, 0.3) is 5.91 Å². The molecule has 1 amide bonds. The van der Waals surface area contributed by atoms with Crippen molar-refractivity contribution in [3.05, 3.63) is 45.8 Å². The van der Waals surface area contributed by atoms with Crippen molar-refractivity contribution in [2.45, 2.75) is 33.6 Å². The molecule has 5 nitrogen and oxygen atoms in total. The Morgan fingerprint density at radius 1 is 1.20 bits per heavy atom. The minimum Gasteiger partial charge on any atom is -0.483 e. The van der Waals surface area contributed by atoms with Gasteiger partial charge in [0.2, 0.25) is 0 Å². The number of aryl methyl sites for hydroxylation is 2. The van der Waals surface area contributed by atoms with Crippen molar-refractivity contribution in [3.63, 3.8) is 0 Å². The molecule has 0 aliphatic heterocycles. The first kappa shape index (κ1) is 19.0. The highest BCUT2D eigenvalue weighted by molar-refractivity contribution is 7.18. The number of anilines is 1. The maximum Gasteiger partial charge on any atom is 0.348 e. The van der Waals surface area contributed by atoms with E-state index >= 15 is 0 Å². The lowest BCUT2D eigenvalue weighted by atomic mass is 10.0. The SMILES string of the molecule is COC(=O)c1sc(NC(=O)COc2cc(C)ccc2C(C)C)cc1C. The maximum atomic E-state index is 12.2. The molecule has 0 saturated carbocycles. The fraction of sp³-hybridized carbons (Fsp3) is 0.368. The predicted molar refractivity (Wildman–Crippen MR) is 99.8 cm³/mol. The van der Waals surface area contributed by atoms with E-state index in [2.05, 4.69) is 19.2 Å². The van der Waals surface area contributed by atoms with Crippen LogP contribution in [0.15, 0.2) is 24.3 Å². The molecule has 134 valence electrons. The van der Waals surface area contributed by atoms with Crippen LogP contribution in [0.2, 0.25) is 0 Å². The molecule has 0 unspecified atom stereocenters. The number of ether oxygens (including phenoxy) is 2. The molecule has 1 N–H and O–H groups in total. The van der Waals surface area contributed by atoms with E-state index in [0.717, 1.165) is 22.4 Å². The monoisotopic (exact) mass is 361 g/mol. The topological polar surface area (TPSA) is 64.6 Å². The normalized spacial score (nSPS) is 10.6. The van der Waals surface area contributed by atoms with Crippen LogP contribution in [-0.4, -0.2) is 25.6 Å². The van der Waals surface area contributed by atoms with Crippen LogP contribution in [0.1, 0.15) is 46.1 Å². The summed E-state index contributed by atoms with van der Waals surface area (Å²) in [6.45, 7) is 7.87. The summed E-state index contributed by atoms with van der Waals surface area (Å²) in [5.41, 5.74) is 2.92. The highest BCUT2D eigenvalue weighted by Crippen LogP contribution is 2.29. The average Bonchev–Trinajstić information content (AvgIpc) is 2.92. The largest absolute Gasteiger partial charge is 0.483 e. The minimum absolute atomic E-state index is 0.0896. The summed E-state index contributed by atoms with van der Waals surface area (Å²) in [6.07, 6.45) is 0. The second-order valence-electron chi connectivity index (χ2n) is 6.15. The molecule has 0 saturated heterocycles. The third kappa shape index (κ3) is 4.82. The van der Waals surface area contributed by atoms with Gasteiger partial charge in [0.1, 0.15) is 10.6 Å². The molecule has 0 atom stereocenters. The summed E-state index contributed by atoms with van der Waals surface area (Å²) in [7, 11) is 1.34. The van der Waals surface area contributed by atoms with Crippen molar-refractivity contribution < 1.29 is 19.1 Å². The Hall–Kier alpha value is -2.34. The quantitative estimate of drug-likeness (QED) is 0.780. The molecule has 25 heavy (non-hydrogen) atoms. The van der Waals surface area contributed by atoms with Gasteiger partial charge in [-0.15, -0.1) is 11.3 Å². The zero-order valence-corrected chi connectivity index (χ0v) is 16.0. The van der Waals surface area contributed by atoms with Gasteiger partial charge < -0.3 is 14.8 Å². The summed E-state index contributed by atoms with van der Waals surface area (Å²) < 4.78 is 10.4. The van der Waals surface area contributed by atoms with Crippen molar-refractivity contribution in [1.29, 1.82) is 0 Å². The van der Waals surface area contributed by atoms with Gasteiger partial charge in [0.15, 0.2) is 6.61 Å². The Bertz CT molecular complexity index is 780. The van der Waals surface area contributed by atoms with Gasteiger partial charge >= 0.3 is 5.97 Å². The molecule has 2 rings (SSSR count). The Morgan fingerprint density at radius 3 is 2.56 bits per heavy atom. The lowest BCUT2D eigenvalue weighted by Gasteiger charge is -2.14. The first-order valence-electron chi connectivity index (χ1n) is 8.03. The summed E-state index contributed by atoms with van der Waals surface area (Å²) in [6, 6.07) is 7.75. The lowest BCUT2D eigenvalue weighted by molar-refractivity contribution is -0.118. The highest BCUT2D eigenvalue weighted by Gasteiger charge is 2.16. The predicted octanol–water partition coefficient (Wildman–Crippen LogP) is 4.29. The first-order valence-corrected chi connectivity index (χ1v) is 8.85. The van der Waals surface area contributed by atoms with Crippen LogP contribution >= 0.6 is 11.3 Å². The van der Waals surface area contributed by atoms with Crippen molar-refractivity contribution >= 4 is 28.2 Å². The molecule has 0 spiro atoms. The maximum absolute atomic E-state index is 12.2. The van der Waals surface area contributed by atoms with Crippen LogP contribution in [0.4, 0.5) is 5.00 Å². The molecule has 6 heteroatoms. The van der Waals surface area contributed by atoms with E-state index in [1.807, 2.05) is 25.1 Å². The number of hydrogen-bond acceptors (Lipinski definition) is 5. The molecule has 0 radical (unpaired) electrons. The number of benzene rings is 1.